The molecular formula is C21H22N2O. The molecule has 1 fully saturated rings. The molecular weight excluding hydrogens is 296 g/mol. The fourth-order valence-electron chi connectivity index (χ4n) is 3.53. The Morgan fingerprint density at radius 1 is 0.708 bits per heavy atom. The number of hydrogen-bond donors (Lipinski definition) is 1. The maximum Gasteiger partial charge on any atom is 0.123 e. The molecule has 0 bridgehead atoms. The van der Waals surface area contributed by atoms with Gasteiger partial charge in [0.1, 0.15) is 5.75 Å². The molecule has 0 unspecified atom stereocenters. The van der Waals surface area contributed by atoms with Gasteiger partial charge in [0.25, 0.3) is 0 Å². The zero-order chi connectivity index (χ0) is 16.4. The standard InChI is InChI=1S/C21H22N2O/c24-21-11-10-17(19-8-4-5-9-20(19)21)16-22-12-14-23(15-13-22)18-6-2-1-3-7-18/h1-11,24H,12-16H2. The monoisotopic (exact) mass is 318 g/mol. The highest BCUT2D eigenvalue weighted by Gasteiger charge is 2.18. The Morgan fingerprint density at radius 3 is 2.12 bits per heavy atom. The summed E-state index contributed by atoms with van der Waals surface area (Å²) in [6, 6.07) is 22.6. The Labute approximate surface area is 142 Å². The number of anilines is 1. The van der Waals surface area contributed by atoms with Crippen LogP contribution in [0.1, 0.15) is 5.56 Å². The van der Waals surface area contributed by atoms with Crippen LogP contribution in [0.5, 0.6) is 5.75 Å². The average Bonchev–Trinajstić information content (AvgIpc) is 2.66. The second-order valence-corrected chi connectivity index (χ2v) is 6.39. The molecule has 1 saturated heterocycles. The maximum absolute atomic E-state index is 10.0. The van der Waals surface area contributed by atoms with Crippen LogP contribution in [-0.4, -0.2) is 36.2 Å². The topological polar surface area (TPSA) is 26.7 Å². The van der Waals surface area contributed by atoms with Gasteiger partial charge in [0, 0.05) is 43.8 Å². The molecule has 3 heteroatoms. The highest BCUT2D eigenvalue weighted by Crippen LogP contribution is 2.28. The van der Waals surface area contributed by atoms with Gasteiger partial charge in [0.05, 0.1) is 0 Å². The van der Waals surface area contributed by atoms with Gasteiger partial charge in [-0.3, -0.25) is 4.90 Å². The smallest absolute Gasteiger partial charge is 0.123 e. The van der Waals surface area contributed by atoms with Crippen LogP contribution in [0.3, 0.4) is 0 Å². The van der Waals surface area contributed by atoms with Gasteiger partial charge in [-0.15, -0.1) is 0 Å². The zero-order valence-electron chi connectivity index (χ0n) is 13.7. The first-order chi connectivity index (χ1) is 11.8. The Balaban J connectivity index is 1.47. The van der Waals surface area contributed by atoms with Gasteiger partial charge in [-0.2, -0.15) is 0 Å². The summed E-state index contributed by atoms with van der Waals surface area (Å²) in [7, 11) is 0. The fraction of sp³-hybridized carbons (Fsp3) is 0.238. The first-order valence-electron chi connectivity index (χ1n) is 8.53. The van der Waals surface area contributed by atoms with Crippen molar-refractivity contribution in [2.75, 3.05) is 31.1 Å². The third-order valence-corrected chi connectivity index (χ3v) is 4.88. The van der Waals surface area contributed by atoms with E-state index in [1.165, 1.54) is 11.3 Å². The minimum Gasteiger partial charge on any atom is -0.507 e. The predicted molar refractivity (Wildman–Crippen MR) is 99.5 cm³/mol. The summed E-state index contributed by atoms with van der Waals surface area (Å²) < 4.78 is 0. The van der Waals surface area contributed by atoms with Crippen molar-refractivity contribution in [3.8, 4) is 5.75 Å². The number of benzene rings is 3. The van der Waals surface area contributed by atoms with E-state index < -0.39 is 0 Å². The van der Waals surface area contributed by atoms with Crippen molar-refractivity contribution in [3.05, 3.63) is 72.3 Å². The van der Waals surface area contributed by atoms with E-state index in [1.807, 2.05) is 24.3 Å². The molecule has 3 aromatic rings. The molecule has 3 aromatic carbocycles. The lowest BCUT2D eigenvalue weighted by Gasteiger charge is -2.36. The van der Waals surface area contributed by atoms with Gasteiger partial charge in [0.15, 0.2) is 0 Å². The van der Waals surface area contributed by atoms with E-state index in [4.69, 9.17) is 0 Å². The molecule has 122 valence electrons. The van der Waals surface area contributed by atoms with Gasteiger partial charge in [0.2, 0.25) is 0 Å². The van der Waals surface area contributed by atoms with Crippen LogP contribution in [0.25, 0.3) is 10.8 Å². The SMILES string of the molecule is Oc1ccc(CN2CCN(c3ccccc3)CC2)c2ccccc12. The first-order valence-corrected chi connectivity index (χ1v) is 8.53. The summed E-state index contributed by atoms with van der Waals surface area (Å²) in [6.45, 7) is 5.16. The lowest BCUT2D eigenvalue weighted by atomic mass is 10.0. The largest absolute Gasteiger partial charge is 0.507 e. The Morgan fingerprint density at radius 2 is 1.38 bits per heavy atom. The van der Waals surface area contributed by atoms with Crippen LogP contribution in [0.15, 0.2) is 66.7 Å². The molecule has 1 aliphatic rings. The minimum absolute atomic E-state index is 0.364. The number of aromatic hydroxyl groups is 1. The summed E-state index contributed by atoms with van der Waals surface area (Å²) in [4.78, 5) is 4.95. The van der Waals surface area contributed by atoms with Gasteiger partial charge in [-0.05, 0) is 29.1 Å². The van der Waals surface area contributed by atoms with E-state index in [1.54, 1.807) is 0 Å². The summed E-state index contributed by atoms with van der Waals surface area (Å²) in [5.74, 6) is 0.364. The summed E-state index contributed by atoms with van der Waals surface area (Å²) >= 11 is 0. The molecule has 1 heterocycles. The lowest BCUT2D eigenvalue weighted by molar-refractivity contribution is 0.250. The molecule has 0 spiro atoms. The Bertz CT molecular complexity index is 824. The number of phenols is 1. The quantitative estimate of drug-likeness (QED) is 0.794. The fourth-order valence-corrected chi connectivity index (χ4v) is 3.53. The number of fused-ring (bicyclic) bond motifs is 1. The second-order valence-electron chi connectivity index (χ2n) is 6.39. The van der Waals surface area contributed by atoms with Crippen LogP contribution in [0.2, 0.25) is 0 Å². The molecule has 24 heavy (non-hydrogen) atoms. The van der Waals surface area contributed by atoms with Crippen LogP contribution >= 0.6 is 0 Å². The van der Waals surface area contributed by atoms with Crippen molar-refractivity contribution in [1.29, 1.82) is 0 Å². The van der Waals surface area contributed by atoms with E-state index in [0.717, 1.165) is 43.5 Å². The van der Waals surface area contributed by atoms with Gasteiger partial charge < -0.3 is 10.0 Å². The Kier molecular flexibility index (Phi) is 4.09. The van der Waals surface area contributed by atoms with Crippen LogP contribution in [0, 0.1) is 0 Å². The molecule has 4 rings (SSSR count). The van der Waals surface area contributed by atoms with E-state index in [2.05, 4.69) is 52.3 Å². The van der Waals surface area contributed by atoms with Crippen LogP contribution in [-0.2, 0) is 6.54 Å². The number of piperazine rings is 1. The van der Waals surface area contributed by atoms with Crippen molar-refractivity contribution < 1.29 is 5.11 Å². The number of phenolic OH excluding ortho intramolecular Hbond substituents is 1. The second kappa shape index (κ2) is 6.54. The van der Waals surface area contributed by atoms with Crippen molar-refractivity contribution in [1.82, 2.24) is 4.90 Å². The third-order valence-electron chi connectivity index (χ3n) is 4.88. The van der Waals surface area contributed by atoms with E-state index >= 15 is 0 Å². The van der Waals surface area contributed by atoms with Crippen molar-refractivity contribution >= 4 is 16.5 Å². The average molecular weight is 318 g/mol. The summed E-state index contributed by atoms with van der Waals surface area (Å²) in [5, 5.41) is 12.1. The van der Waals surface area contributed by atoms with Crippen molar-refractivity contribution in [3.63, 3.8) is 0 Å². The number of nitrogens with zero attached hydrogens (tertiary/aromatic N) is 2. The molecule has 1 N–H and O–H groups in total. The molecule has 0 radical (unpaired) electrons. The van der Waals surface area contributed by atoms with E-state index in [9.17, 15) is 5.11 Å². The number of rotatable bonds is 3. The van der Waals surface area contributed by atoms with Crippen molar-refractivity contribution in [2.45, 2.75) is 6.54 Å². The summed E-state index contributed by atoms with van der Waals surface area (Å²) in [5.41, 5.74) is 2.60. The first kappa shape index (κ1) is 15.0. The van der Waals surface area contributed by atoms with Gasteiger partial charge in [-0.25, -0.2) is 0 Å². The maximum atomic E-state index is 10.0. The van der Waals surface area contributed by atoms with E-state index in [-0.39, 0.29) is 0 Å². The lowest BCUT2D eigenvalue weighted by Crippen LogP contribution is -2.45. The number of para-hydroxylation sites is 1. The molecule has 3 nitrogen and oxygen atoms in total. The number of hydrogen-bond acceptors (Lipinski definition) is 3. The molecule has 0 saturated carbocycles. The molecule has 0 amide bonds. The van der Waals surface area contributed by atoms with E-state index in [0.29, 0.717) is 5.75 Å². The minimum atomic E-state index is 0.364. The normalized spacial score (nSPS) is 15.8. The molecule has 0 atom stereocenters. The highest BCUT2D eigenvalue weighted by atomic mass is 16.3. The molecule has 0 aliphatic carbocycles. The Hall–Kier alpha value is -2.52. The molecule has 0 aromatic heterocycles. The summed E-state index contributed by atoms with van der Waals surface area (Å²) in [6.07, 6.45) is 0. The third kappa shape index (κ3) is 2.95. The van der Waals surface area contributed by atoms with Crippen LogP contribution < -0.4 is 4.90 Å². The molecule has 1 aliphatic heterocycles. The zero-order valence-corrected chi connectivity index (χ0v) is 13.7. The van der Waals surface area contributed by atoms with Crippen LogP contribution in [0.4, 0.5) is 5.69 Å². The van der Waals surface area contributed by atoms with Gasteiger partial charge >= 0.3 is 0 Å². The van der Waals surface area contributed by atoms with Gasteiger partial charge in [-0.1, -0.05) is 48.5 Å². The highest BCUT2D eigenvalue weighted by molar-refractivity contribution is 5.90. The van der Waals surface area contributed by atoms with Crippen molar-refractivity contribution in [2.24, 2.45) is 0 Å². The predicted octanol–water partition coefficient (Wildman–Crippen LogP) is 3.87.